The lowest BCUT2D eigenvalue weighted by molar-refractivity contribution is -0.136. The van der Waals surface area contributed by atoms with Gasteiger partial charge >= 0.3 is 12.2 Å². The van der Waals surface area contributed by atoms with Gasteiger partial charge in [-0.25, -0.2) is 4.79 Å². The molecule has 0 aromatic heterocycles. The van der Waals surface area contributed by atoms with Crippen LogP contribution in [0, 0.1) is 0 Å². The van der Waals surface area contributed by atoms with Crippen molar-refractivity contribution in [1.29, 1.82) is 0 Å². The Kier molecular flexibility index (Phi) is 6.48. The Bertz CT molecular complexity index is 562. The Morgan fingerprint density at radius 3 is 2.21 bits per heavy atom. The van der Waals surface area contributed by atoms with Crippen LogP contribution in [-0.4, -0.2) is 37.4 Å². The van der Waals surface area contributed by atoms with Crippen molar-refractivity contribution in [3.05, 3.63) is 23.8 Å². The van der Waals surface area contributed by atoms with Crippen molar-refractivity contribution in [2.75, 3.05) is 30.9 Å². The van der Waals surface area contributed by atoms with E-state index in [0.717, 1.165) is 6.07 Å². The van der Waals surface area contributed by atoms with Gasteiger partial charge in [0.05, 0.1) is 23.4 Å². The maximum absolute atomic E-state index is 13.2. The molecule has 1 rings (SSSR count). The van der Waals surface area contributed by atoms with Gasteiger partial charge < -0.3 is 20.6 Å². The van der Waals surface area contributed by atoms with Gasteiger partial charge in [0, 0.05) is 19.8 Å². The van der Waals surface area contributed by atoms with Crippen molar-refractivity contribution in [3.8, 4) is 0 Å². The number of hydrogen-bond donors (Lipinski definition) is 3. The SMILES string of the molecule is CCC(CC)(CO)NC(=O)Nc1ccc(N(C)C)cc1C(F)(F)F. The number of benzene rings is 1. The number of halogens is 3. The van der Waals surface area contributed by atoms with Crippen LogP contribution in [0.15, 0.2) is 18.2 Å². The molecule has 1 aromatic carbocycles. The van der Waals surface area contributed by atoms with Crippen LogP contribution in [0.1, 0.15) is 32.3 Å². The van der Waals surface area contributed by atoms with Crippen LogP contribution in [0.25, 0.3) is 0 Å². The maximum atomic E-state index is 13.2. The van der Waals surface area contributed by atoms with E-state index in [0.29, 0.717) is 18.5 Å². The molecule has 24 heavy (non-hydrogen) atoms. The predicted molar refractivity (Wildman–Crippen MR) is 88.3 cm³/mol. The molecule has 2 amide bonds. The van der Waals surface area contributed by atoms with Crippen molar-refractivity contribution >= 4 is 17.4 Å². The van der Waals surface area contributed by atoms with E-state index in [2.05, 4.69) is 10.6 Å². The summed E-state index contributed by atoms with van der Waals surface area (Å²) >= 11 is 0. The number of aliphatic hydroxyl groups is 1. The molecule has 136 valence electrons. The van der Waals surface area contributed by atoms with Gasteiger partial charge in [0.2, 0.25) is 0 Å². The van der Waals surface area contributed by atoms with Crippen LogP contribution in [0.5, 0.6) is 0 Å². The number of nitrogens with zero attached hydrogens (tertiary/aromatic N) is 1. The average Bonchev–Trinajstić information content (AvgIpc) is 2.51. The second-order valence-corrected chi connectivity index (χ2v) is 5.85. The molecule has 5 nitrogen and oxygen atoms in total. The molecule has 0 aliphatic heterocycles. The van der Waals surface area contributed by atoms with Gasteiger partial charge in [-0.15, -0.1) is 0 Å². The maximum Gasteiger partial charge on any atom is 0.418 e. The third kappa shape index (κ3) is 4.77. The number of carbonyl (C=O) groups is 1. The van der Waals surface area contributed by atoms with Gasteiger partial charge in [0.25, 0.3) is 0 Å². The van der Waals surface area contributed by atoms with Crippen molar-refractivity contribution in [2.45, 2.75) is 38.4 Å². The number of nitrogens with one attached hydrogen (secondary N) is 2. The van der Waals surface area contributed by atoms with Gasteiger partial charge in [0.1, 0.15) is 0 Å². The fraction of sp³-hybridized carbons (Fsp3) is 0.562. The predicted octanol–water partition coefficient (Wildman–Crippen LogP) is 3.44. The summed E-state index contributed by atoms with van der Waals surface area (Å²) in [5.41, 5.74) is -1.73. The Morgan fingerprint density at radius 2 is 1.79 bits per heavy atom. The number of aliphatic hydroxyl groups excluding tert-OH is 1. The highest BCUT2D eigenvalue weighted by atomic mass is 19.4. The molecule has 1 aromatic rings. The largest absolute Gasteiger partial charge is 0.418 e. The van der Waals surface area contributed by atoms with Crippen molar-refractivity contribution in [2.24, 2.45) is 0 Å². The van der Waals surface area contributed by atoms with E-state index in [1.807, 2.05) is 0 Å². The van der Waals surface area contributed by atoms with Gasteiger partial charge in [-0.1, -0.05) is 13.8 Å². The molecule has 0 saturated carbocycles. The molecule has 0 aliphatic rings. The molecule has 0 radical (unpaired) electrons. The van der Waals surface area contributed by atoms with E-state index >= 15 is 0 Å². The molecule has 0 atom stereocenters. The first-order valence-electron chi connectivity index (χ1n) is 7.67. The summed E-state index contributed by atoms with van der Waals surface area (Å²) in [4.78, 5) is 13.6. The Hall–Kier alpha value is -1.96. The van der Waals surface area contributed by atoms with E-state index in [-0.39, 0.29) is 12.3 Å². The lowest BCUT2D eigenvalue weighted by Gasteiger charge is -2.31. The number of amides is 2. The van der Waals surface area contributed by atoms with Crippen LogP contribution >= 0.6 is 0 Å². The van der Waals surface area contributed by atoms with Crippen LogP contribution in [-0.2, 0) is 6.18 Å². The highest BCUT2D eigenvalue weighted by Crippen LogP contribution is 2.37. The zero-order chi connectivity index (χ0) is 18.5. The van der Waals surface area contributed by atoms with E-state index in [4.69, 9.17) is 0 Å². The van der Waals surface area contributed by atoms with Gasteiger partial charge in [-0.2, -0.15) is 13.2 Å². The third-order valence-electron chi connectivity index (χ3n) is 4.11. The van der Waals surface area contributed by atoms with E-state index in [1.165, 1.54) is 12.1 Å². The van der Waals surface area contributed by atoms with E-state index < -0.39 is 23.3 Å². The van der Waals surface area contributed by atoms with Crippen LogP contribution < -0.4 is 15.5 Å². The molecular weight excluding hydrogens is 323 g/mol. The molecular formula is C16H24F3N3O2. The first-order chi connectivity index (χ1) is 11.1. The number of hydrogen-bond acceptors (Lipinski definition) is 3. The van der Waals surface area contributed by atoms with E-state index in [1.54, 1.807) is 32.8 Å². The summed E-state index contributed by atoms with van der Waals surface area (Å²) in [7, 11) is 3.26. The molecule has 8 heteroatoms. The number of alkyl halides is 3. The summed E-state index contributed by atoms with van der Waals surface area (Å²) in [6.07, 6.45) is -3.68. The quantitative estimate of drug-likeness (QED) is 0.739. The van der Waals surface area contributed by atoms with Gasteiger partial charge in [-0.3, -0.25) is 0 Å². The van der Waals surface area contributed by atoms with Crippen molar-refractivity contribution in [3.63, 3.8) is 0 Å². The van der Waals surface area contributed by atoms with Crippen molar-refractivity contribution in [1.82, 2.24) is 5.32 Å². The molecule has 0 unspecified atom stereocenters. The second kappa shape index (κ2) is 7.74. The molecule has 0 fully saturated rings. The molecule has 0 bridgehead atoms. The minimum Gasteiger partial charge on any atom is -0.394 e. The Labute approximate surface area is 139 Å². The molecule has 0 saturated heterocycles. The third-order valence-corrected chi connectivity index (χ3v) is 4.11. The zero-order valence-electron chi connectivity index (χ0n) is 14.3. The minimum absolute atomic E-state index is 0.293. The lowest BCUT2D eigenvalue weighted by Crippen LogP contribution is -2.52. The van der Waals surface area contributed by atoms with Gasteiger partial charge in [0.15, 0.2) is 0 Å². The Balaban J connectivity index is 3.08. The highest BCUT2D eigenvalue weighted by Gasteiger charge is 2.35. The molecule has 0 heterocycles. The monoisotopic (exact) mass is 347 g/mol. The second-order valence-electron chi connectivity index (χ2n) is 5.85. The highest BCUT2D eigenvalue weighted by molar-refractivity contribution is 5.91. The minimum atomic E-state index is -4.60. The Morgan fingerprint density at radius 1 is 1.21 bits per heavy atom. The van der Waals surface area contributed by atoms with E-state index in [9.17, 15) is 23.1 Å². The summed E-state index contributed by atoms with van der Waals surface area (Å²) in [5, 5.41) is 14.3. The van der Waals surface area contributed by atoms with Crippen molar-refractivity contribution < 1.29 is 23.1 Å². The summed E-state index contributed by atoms with van der Waals surface area (Å²) in [6.45, 7) is 3.28. The number of carbonyl (C=O) groups excluding carboxylic acids is 1. The normalized spacial score (nSPS) is 12.0. The van der Waals surface area contributed by atoms with Crippen LogP contribution in [0.2, 0.25) is 0 Å². The smallest absolute Gasteiger partial charge is 0.394 e. The number of rotatable bonds is 6. The molecule has 0 spiro atoms. The van der Waals surface area contributed by atoms with Crippen LogP contribution in [0.4, 0.5) is 29.3 Å². The fourth-order valence-corrected chi connectivity index (χ4v) is 2.24. The topological polar surface area (TPSA) is 64.6 Å². The fourth-order valence-electron chi connectivity index (χ4n) is 2.24. The lowest BCUT2D eigenvalue weighted by atomic mass is 9.94. The first-order valence-corrected chi connectivity index (χ1v) is 7.67. The average molecular weight is 347 g/mol. The number of anilines is 2. The summed E-state index contributed by atoms with van der Waals surface area (Å²) < 4.78 is 39.7. The van der Waals surface area contributed by atoms with Crippen LogP contribution in [0.3, 0.4) is 0 Å². The first kappa shape index (κ1) is 20.1. The standard InChI is InChI=1S/C16H24F3N3O2/c1-5-15(6-2,10-23)21-14(24)20-13-8-7-11(22(3)4)9-12(13)16(17,18)19/h7-9,23H,5-6,10H2,1-4H3,(H2,20,21,24). The summed E-state index contributed by atoms with van der Waals surface area (Å²) in [6, 6.07) is 2.91. The molecule has 3 N–H and O–H groups in total. The van der Waals surface area contributed by atoms with Gasteiger partial charge in [-0.05, 0) is 31.0 Å². The summed E-state index contributed by atoms with van der Waals surface area (Å²) in [5.74, 6) is 0. The number of urea groups is 1. The zero-order valence-corrected chi connectivity index (χ0v) is 14.3. The molecule has 0 aliphatic carbocycles.